The third kappa shape index (κ3) is 8.35. The van der Waals surface area contributed by atoms with Crippen LogP contribution in [0, 0.1) is 0 Å². The van der Waals surface area contributed by atoms with Gasteiger partial charge in [-0.2, -0.15) is 0 Å². The number of rotatable bonds is 1. The molecule has 0 saturated carbocycles. The monoisotopic (exact) mass is 252 g/mol. The Morgan fingerprint density at radius 2 is 1.28 bits per heavy atom. The average molecular weight is 252 g/mol. The standard InChI is InChI=1S/C9H19N.C5H7N.C2H6/c1-9(2)10-7-5-3-4-6-8-10;1-6-4-2-3-5-6;1-2/h9H,3-8H2,1-2H3;2-5H,1H3;1-2H3. The van der Waals surface area contributed by atoms with Crippen LogP contribution < -0.4 is 0 Å². The lowest BCUT2D eigenvalue weighted by atomic mass is 10.2. The van der Waals surface area contributed by atoms with Crippen molar-refractivity contribution in [3.63, 3.8) is 0 Å². The molecule has 1 aromatic rings. The summed E-state index contributed by atoms with van der Waals surface area (Å²) in [7, 11) is 2.00. The number of aryl methyl sites for hydroxylation is 1. The molecule has 1 aliphatic heterocycles. The van der Waals surface area contributed by atoms with Gasteiger partial charge in [0.25, 0.3) is 0 Å². The van der Waals surface area contributed by atoms with Gasteiger partial charge in [0, 0.05) is 25.5 Å². The van der Waals surface area contributed by atoms with E-state index in [1.54, 1.807) is 0 Å². The Labute approximate surface area is 114 Å². The van der Waals surface area contributed by atoms with E-state index in [0.29, 0.717) is 0 Å². The molecule has 18 heavy (non-hydrogen) atoms. The molecule has 0 amide bonds. The fourth-order valence-corrected chi connectivity index (χ4v) is 2.03. The first-order valence-corrected chi connectivity index (χ1v) is 7.51. The highest BCUT2D eigenvalue weighted by Gasteiger charge is 2.10. The van der Waals surface area contributed by atoms with Crippen LogP contribution in [0.3, 0.4) is 0 Å². The summed E-state index contributed by atoms with van der Waals surface area (Å²) in [6.07, 6.45) is 9.72. The summed E-state index contributed by atoms with van der Waals surface area (Å²) in [5.41, 5.74) is 0. The highest BCUT2D eigenvalue weighted by molar-refractivity contribution is 4.88. The predicted molar refractivity (Wildman–Crippen MR) is 81.9 cm³/mol. The van der Waals surface area contributed by atoms with Gasteiger partial charge in [-0.3, -0.25) is 0 Å². The van der Waals surface area contributed by atoms with Crippen molar-refractivity contribution in [3.8, 4) is 0 Å². The lowest BCUT2D eigenvalue weighted by Crippen LogP contribution is -2.31. The molecule has 2 rings (SSSR count). The molecule has 106 valence electrons. The van der Waals surface area contributed by atoms with E-state index in [4.69, 9.17) is 0 Å². The zero-order valence-corrected chi connectivity index (χ0v) is 13.0. The summed E-state index contributed by atoms with van der Waals surface area (Å²) < 4.78 is 2.00. The van der Waals surface area contributed by atoms with Gasteiger partial charge in [-0.1, -0.05) is 26.7 Å². The van der Waals surface area contributed by atoms with Gasteiger partial charge in [-0.05, 0) is 51.9 Å². The van der Waals surface area contributed by atoms with Gasteiger partial charge in [0.05, 0.1) is 0 Å². The second kappa shape index (κ2) is 11.3. The normalized spacial score (nSPS) is 16.1. The fourth-order valence-electron chi connectivity index (χ4n) is 2.03. The zero-order valence-electron chi connectivity index (χ0n) is 13.0. The fraction of sp³-hybridized carbons (Fsp3) is 0.750. The summed E-state index contributed by atoms with van der Waals surface area (Å²) in [6, 6.07) is 4.76. The maximum atomic E-state index is 2.59. The summed E-state index contributed by atoms with van der Waals surface area (Å²) >= 11 is 0. The molecule has 1 aliphatic rings. The first-order chi connectivity index (χ1) is 8.70. The minimum atomic E-state index is 0.762. The van der Waals surface area contributed by atoms with Gasteiger partial charge in [-0.15, -0.1) is 0 Å². The molecule has 1 saturated heterocycles. The third-order valence-electron chi connectivity index (χ3n) is 3.12. The zero-order chi connectivity index (χ0) is 13.8. The summed E-state index contributed by atoms with van der Waals surface area (Å²) in [4.78, 5) is 2.59. The molecule has 0 atom stereocenters. The lowest BCUT2D eigenvalue weighted by molar-refractivity contribution is 0.231. The minimum absolute atomic E-state index is 0.762. The van der Waals surface area contributed by atoms with Crippen LogP contribution in [0.25, 0.3) is 0 Å². The van der Waals surface area contributed by atoms with Gasteiger partial charge >= 0.3 is 0 Å². The van der Waals surface area contributed by atoms with E-state index < -0.39 is 0 Å². The lowest BCUT2D eigenvalue weighted by Gasteiger charge is -2.23. The van der Waals surface area contributed by atoms with E-state index in [1.165, 1.54) is 38.8 Å². The van der Waals surface area contributed by atoms with E-state index in [-0.39, 0.29) is 0 Å². The molecular weight excluding hydrogens is 220 g/mol. The van der Waals surface area contributed by atoms with Gasteiger partial charge in [0.1, 0.15) is 0 Å². The van der Waals surface area contributed by atoms with E-state index in [0.717, 1.165) is 6.04 Å². The maximum absolute atomic E-state index is 2.59. The molecule has 2 nitrogen and oxygen atoms in total. The van der Waals surface area contributed by atoms with E-state index in [1.807, 2.05) is 50.0 Å². The molecule has 2 heterocycles. The number of hydrogen-bond acceptors (Lipinski definition) is 1. The van der Waals surface area contributed by atoms with Crippen molar-refractivity contribution in [1.29, 1.82) is 0 Å². The van der Waals surface area contributed by atoms with Crippen LogP contribution in [0.1, 0.15) is 53.4 Å². The highest BCUT2D eigenvalue weighted by Crippen LogP contribution is 2.11. The van der Waals surface area contributed by atoms with Crippen molar-refractivity contribution in [2.45, 2.75) is 59.4 Å². The van der Waals surface area contributed by atoms with Crippen LogP contribution in [0.5, 0.6) is 0 Å². The molecule has 2 heteroatoms. The Hall–Kier alpha value is -0.760. The van der Waals surface area contributed by atoms with Crippen LogP contribution >= 0.6 is 0 Å². The van der Waals surface area contributed by atoms with Gasteiger partial charge in [0.15, 0.2) is 0 Å². The van der Waals surface area contributed by atoms with Gasteiger partial charge in [0.2, 0.25) is 0 Å². The molecule has 0 aliphatic carbocycles. The van der Waals surface area contributed by atoms with Crippen molar-refractivity contribution < 1.29 is 0 Å². The Morgan fingerprint density at radius 1 is 0.833 bits per heavy atom. The number of hydrogen-bond donors (Lipinski definition) is 0. The SMILES string of the molecule is CC.CC(C)N1CCCCCC1.Cn1cccc1. The molecular formula is C16H32N2. The second-order valence-electron chi connectivity index (χ2n) is 4.89. The average Bonchev–Trinajstić information content (AvgIpc) is 2.71. The highest BCUT2D eigenvalue weighted by atomic mass is 15.1. The van der Waals surface area contributed by atoms with Crippen molar-refractivity contribution >= 4 is 0 Å². The van der Waals surface area contributed by atoms with Crippen LogP contribution in [-0.4, -0.2) is 28.6 Å². The Balaban J connectivity index is 0.000000308. The number of likely N-dealkylation sites (tertiary alicyclic amines) is 1. The van der Waals surface area contributed by atoms with Crippen molar-refractivity contribution in [2.24, 2.45) is 7.05 Å². The molecule has 0 radical (unpaired) electrons. The predicted octanol–water partition coefficient (Wildman–Crippen LogP) is 4.32. The number of aromatic nitrogens is 1. The molecule has 0 spiro atoms. The Kier molecular flexibility index (Phi) is 10.9. The van der Waals surface area contributed by atoms with E-state index in [9.17, 15) is 0 Å². The smallest absolute Gasteiger partial charge is 0.0106 e. The summed E-state index contributed by atoms with van der Waals surface area (Å²) in [5, 5.41) is 0. The summed E-state index contributed by atoms with van der Waals surface area (Å²) in [5.74, 6) is 0. The molecule has 0 unspecified atom stereocenters. The third-order valence-corrected chi connectivity index (χ3v) is 3.12. The molecule has 1 aromatic heterocycles. The second-order valence-corrected chi connectivity index (χ2v) is 4.89. The largest absolute Gasteiger partial charge is 0.357 e. The van der Waals surface area contributed by atoms with Crippen molar-refractivity contribution in [1.82, 2.24) is 9.47 Å². The summed E-state index contributed by atoms with van der Waals surface area (Å²) in [6.45, 7) is 11.3. The Morgan fingerprint density at radius 3 is 1.56 bits per heavy atom. The Bertz CT molecular complexity index is 244. The number of nitrogens with zero attached hydrogens (tertiary/aromatic N) is 2. The maximum Gasteiger partial charge on any atom is 0.0106 e. The molecule has 0 bridgehead atoms. The van der Waals surface area contributed by atoms with Crippen LogP contribution in [-0.2, 0) is 7.05 Å². The topological polar surface area (TPSA) is 8.17 Å². The van der Waals surface area contributed by atoms with Crippen LogP contribution in [0.2, 0.25) is 0 Å². The molecule has 1 fully saturated rings. The van der Waals surface area contributed by atoms with E-state index >= 15 is 0 Å². The van der Waals surface area contributed by atoms with Crippen molar-refractivity contribution in [3.05, 3.63) is 24.5 Å². The van der Waals surface area contributed by atoms with Gasteiger partial charge in [-0.25, -0.2) is 0 Å². The van der Waals surface area contributed by atoms with Crippen LogP contribution in [0.15, 0.2) is 24.5 Å². The van der Waals surface area contributed by atoms with Gasteiger partial charge < -0.3 is 9.47 Å². The quantitative estimate of drug-likeness (QED) is 0.722. The van der Waals surface area contributed by atoms with Crippen molar-refractivity contribution in [2.75, 3.05) is 13.1 Å². The minimum Gasteiger partial charge on any atom is -0.357 e. The molecule has 0 aromatic carbocycles. The molecule has 0 N–H and O–H groups in total. The first kappa shape index (κ1) is 17.2. The first-order valence-electron chi connectivity index (χ1n) is 7.51. The van der Waals surface area contributed by atoms with Crippen LogP contribution in [0.4, 0.5) is 0 Å². The van der Waals surface area contributed by atoms with E-state index in [2.05, 4.69) is 18.7 Å².